The van der Waals surface area contributed by atoms with E-state index in [1.165, 1.54) is 11.6 Å². The Hall–Kier alpha value is -0.610. The lowest BCUT2D eigenvalue weighted by Crippen LogP contribution is -2.51. The van der Waals surface area contributed by atoms with Crippen LogP contribution in [-0.2, 0) is 0 Å². The van der Waals surface area contributed by atoms with E-state index in [4.69, 9.17) is 0 Å². The Morgan fingerprint density at radius 2 is 2.69 bits per heavy atom. The molecule has 0 aromatic carbocycles. The second-order valence-electron chi connectivity index (χ2n) is 3.27. The molecule has 0 bridgehead atoms. The Kier molecular flexibility index (Phi) is 2.80. The second-order valence-corrected chi connectivity index (χ2v) is 4.15. The maximum absolute atomic E-state index is 4.35. The van der Waals surface area contributed by atoms with Crippen LogP contribution in [0.25, 0.3) is 0 Å². The molecule has 13 heavy (non-hydrogen) atoms. The van der Waals surface area contributed by atoms with Gasteiger partial charge in [-0.15, -0.1) is 11.3 Å². The van der Waals surface area contributed by atoms with Crippen molar-refractivity contribution < 1.29 is 0 Å². The molecule has 3 nitrogen and oxygen atoms in total. The Labute approximate surface area is 82.8 Å². The highest BCUT2D eigenvalue weighted by atomic mass is 32.1. The van der Waals surface area contributed by atoms with Crippen molar-refractivity contribution in [1.29, 1.82) is 0 Å². The van der Waals surface area contributed by atoms with Crippen LogP contribution in [0.3, 0.4) is 0 Å². The molecule has 1 aliphatic heterocycles. The zero-order valence-corrected chi connectivity index (χ0v) is 8.68. The highest BCUT2D eigenvalue weighted by Gasteiger charge is 2.21. The molecule has 2 rings (SSSR count). The first-order valence-corrected chi connectivity index (χ1v) is 5.66. The van der Waals surface area contributed by atoms with E-state index in [9.17, 15) is 0 Å². The van der Waals surface area contributed by atoms with E-state index in [0.29, 0.717) is 6.04 Å². The van der Waals surface area contributed by atoms with Gasteiger partial charge in [-0.3, -0.25) is 0 Å². The molecule has 2 heterocycles. The van der Waals surface area contributed by atoms with Crippen molar-refractivity contribution in [3.8, 4) is 0 Å². The fourth-order valence-electron chi connectivity index (χ4n) is 1.74. The molecule has 0 radical (unpaired) electrons. The van der Waals surface area contributed by atoms with Crippen LogP contribution in [0.4, 0.5) is 5.13 Å². The molecule has 0 amide bonds. The van der Waals surface area contributed by atoms with Crippen LogP contribution >= 0.6 is 11.3 Å². The smallest absolute Gasteiger partial charge is 0.185 e. The topological polar surface area (TPSA) is 28.2 Å². The SMILES string of the molecule is CCC1CNCCN1c1nccs1. The van der Waals surface area contributed by atoms with Crippen molar-refractivity contribution in [2.45, 2.75) is 19.4 Å². The van der Waals surface area contributed by atoms with Gasteiger partial charge in [0.15, 0.2) is 5.13 Å². The summed E-state index contributed by atoms with van der Waals surface area (Å²) in [6.45, 7) is 5.50. The van der Waals surface area contributed by atoms with Gasteiger partial charge in [0.2, 0.25) is 0 Å². The molecule has 1 fully saturated rings. The van der Waals surface area contributed by atoms with Gasteiger partial charge in [-0.25, -0.2) is 4.98 Å². The fraction of sp³-hybridized carbons (Fsp3) is 0.667. The van der Waals surface area contributed by atoms with E-state index in [1.54, 1.807) is 11.3 Å². The minimum atomic E-state index is 0.625. The van der Waals surface area contributed by atoms with Crippen molar-refractivity contribution in [1.82, 2.24) is 10.3 Å². The van der Waals surface area contributed by atoms with Gasteiger partial charge in [-0.05, 0) is 6.42 Å². The summed E-state index contributed by atoms with van der Waals surface area (Å²) < 4.78 is 0. The lowest BCUT2D eigenvalue weighted by Gasteiger charge is -2.35. The number of anilines is 1. The molecule has 72 valence electrons. The summed E-state index contributed by atoms with van der Waals surface area (Å²) in [5, 5.41) is 6.63. The number of nitrogens with one attached hydrogen (secondary N) is 1. The zero-order chi connectivity index (χ0) is 9.10. The maximum atomic E-state index is 4.35. The molecular formula is C9H15N3S. The standard InChI is InChI=1S/C9H15N3S/c1-2-8-7-10-3-5-12(8)9-11-4-6-13-9/h4,6,8,10H,2-3,5,7H2,1H3. The third kappa shape index (κ3) is 1.84. The van der Waals surface area contributed by atoms with Crippen LogP contribution in [0.2, 0.25) is 0 Å². The quantitative estimate of drug-likeness (QED) is 0.775. The molecular weight excluding hydrogens is 182 g/mol. The zero-order valence-electron chi connectivity index (χ0n) is 7.86. The summed E-state index contributed by atoms with van der Waals surface area (Å²) in [6, 6.07) is 0.625. The minimum absolute atomic E-state index is 0.625. The van der Waals surface area contributed by atoms with Crippen LogP contribution in [-0.4, -0.2) is 30.7 Å². The number of nitrogens with zero attached hydrogens (tertiary/aromatic N) is 2. The molecule has 1 unspecified atom stereocenters. The predicted octanol–water partition coefficient (Wildman–Crippen LogP) is 1.33. The van der Waals surface area contributed by atoms with Gasteiger partial charge in [0.1, 0.15) is 0 Å². The summed E-state index contributed by atoms with van der Waals surface area (Å²) in [6.07, 6.45) is 3.07. The third-order valence-electron chi connectivity index (χ3n) is 2.49. The van der Waals surface area contributed by atoms with Crippen molar-refractivity contribution in [3.63, 3.8) is 0 Å². The number of hydrogen-bond donors (Lipinski definition) is 1. The van der Waals surface area contributed by atoms with Crippen molar-refractivity contribution >= 4 is 16.5 Å². The molecule has 0 aliphatic carbocycles. The molecule has 4 heteroatoms. The molecule has 1 aliphatic rings. The van der Waals surface area contributed by atoms with Gasteiger partial charge in [-0.1, -0.05) is 6.92 Å². The Balaban J connectivity index is 2.11. The van der Waals surface area contributed by atoms with E-state index in [2.05, 4.69) is 22.1 Å². The molecule has 1 aromatic heterocycles. The first-order valence-electron chi connectivity index (χ1n) is 4.78. The van der Waals surface area contributed by atoms with Gasteiger partial charge in [0.05, 0.1) is 0 Å². The van der Waals surface area contributed by atoms with Crippen LogP contribution in [0.15, 0.2) is 11.6 Å². The number of aromatic nitrogens is 1. The van der Waals surface area contributed by atoms with Crippen LogP contribution in [0.5, 0.6) is 0 Å². The number of rotatable bonds is 2. The second kappa shape index (κ2) is 4.07. The summed E-state index contributed by atoms with van der Waals surface area (Å²) in [7, 11) is 0. The summed E-state index contributed by atoms with van der Waals surface area (Å²) in [5.41, 5.74) is 0. The van der Waals surface area contributed by atoms with Crippen LogP contribution in [0, 0.1) is 0 Å². The largest absolute Gasteiger partial charge is 0.343 e. The monoisotopic (exact) mass is 197 g/mol. The Bertz CT molecular complexity index is 247. The van der Waals surface area contributed by atoms with E-state index in [-0.39, 0.29) is 0 Å². The summed E-state index contributed by atoms with van der Waals surface area (Å²) in [4.78, 5) is 6.77. The van der Waals surface area contributed by atoms with Crippen LogP contribution < -0.4 is 10.2 Å². The number of thiazole rings is 1. The highest BCUT2D eigenvalue weighted by molar-refractivity contribution is 7.13. The predicted molar refractivity (Wildman–Crippen MR) is 56.4 cm³/mol. The van der Waals surface area contributed by atoms with Gasteiger partial charge in [0, 0.05) is 37.3 Å². The van der Waals surface area contributed by atoms with Gasteiger partial charge < -0.3 is 10.2 Å². The maximum Gasteiger partial charge on any atom is 0.185 e. The molecule has 1 atom stereocenters. The van der Waals surface area contributed by atoms with Crippen LogP contribution in [0.1, 0.15) is 13.3 Å². The number of hydrogen-bond acceptors (Lipinski definition) is 4. The molecule has 0 saturated carbocycles. The molecule has 1 aromatic rings. The lowest BCUT2D eigenvalue weighted by atomic mass is 10.1. The number of piperazine rings is 1. The van der Waals surface area contributed by atoms with Crippen molar-refractivity contribution in [2.75, 3.05) is 24.5 Å². The van der Waals surface area contributed by atoms with Crippen molar-refractivity contribution in [2.24, 2.45) is 0 Å². The minimum Gasteiger partial charge on any atom is -0.343 e. The van der Waals surface area contributed by atoms with E-state index in [1.807, 2.05) is 11.6 Å². The lowest BCUT2D eigenvalue weighted by molar-refractivity contribution is 0.466. The van der Waals surface area contributed by atoms with Gasteiger partial charge >= 0.3 is 0 Å². The van der Waals surface area contributed by atoms with E-state index >= 15 is 0 Å². The Morgan fingerprint density at radius 1 is 1.77 bits per heavy atom. The summed E-state index contributed by atoms with van der Waals surface area (Å²) in [5.74, 6) is 0. The Morgan fingerprint density at radius 3 is 3.38 bits per heavy atom. The van der Waals surface area contributed by atoms with Gasteiger partial charge in [-0.2, -0.15) is 0 Å². The average molecular weight is 197 g/mol. The first kappa shape index (κ1) is 8.97. The average Bonchev–Trinajstić information content (AvgIpc) is 2.70. The molecule has 0 spiro atoms. The van der Waals surface area contributed by atoms with E-state index < -0.39 is 0 Å². The first-order chi connectivity index (χ1) is 6.42. The molecule has 1 saturated heterocycles. The summed E-state index contributed by atoms with van der Waals surface area (Å²) >= 11 is 1.74. The molecule has 1 N–H and O–H groups in total. The van der Waals surface area contributed by atoms with Gasteiger partial charge in [0.25, 0.3) is 0 Å². The third-order valence-corrected chi connectivity index (χ3v) is 3.29. The van der Waals surface area contributed by atoms with Crippen molar-refractivity contribution in [3.05, 3.63) is 11.6 Å². The normalized spacial score (nSPS) is 23.5. The van der Waals surface area contributed by atoms with E-state index in [0.717, 1.165) is 19.6 Å². The fourth-order valence-corrected chi connectivity index (χ4v) is 2.48. The highest BCUT2D eigenvalue weighted by Crippen LogP contribution is 2.21.